The van der Waals surface area contributed by atoms with Gasteiger partial charge in [-0.2, -0.15) is 0 Å². The van der Waals surface area contributed by atoms with Crippen LogP contribution in [0.5, 0.6) is 0 Å². The minimum absolute atomic E-state index is 0.0677. The molecule has 0 spiro atoms. The van der Waals surface area contributed by atoms with E-state index in [-0.39, 0.29) is 18.0 Å². The van der Waals surface area contributed by atoms with Gasteiger partial charge in [0.1, 0.15) is 0 Å². The van der Waals surface area contributed by atoms with Crippen molar-refractivity contribution in [1.29, 1.82) is 0 Å². The standard InChI is InChI=1S/C14H30N2O2/c1-6-8-12(5)16-14(17)9-15-13(11(3)4)10-18-7-2/h11-13,15H,6-10H2,1-5H3,(H,16,17). The highest BCUT2D eigenvalue weighted by atomic mass is 16.5. The molecule has 0 radical (unpaired) electrons. The van der Waals surface area contributed by atoms with E-state index in [0.717, 1.165) is 12.8 Å². The summed E-state index contributed by atoms with van der Waals surface area (Å²) in [6.07, 6.45) is 2.12. The number of carbonyl (C=O) groups is 1. The van der Waals surface area contributed by atoms with Gasteiger partial charge in [-0.25, -0.2) is 0 Å². The van der Waals surface area contributed by atoms with Gasteiger partial charge in [-0.05, 0) is 26.2 Å². The van der Waals surface area contributed by atoms with E-state index in [1.165, 1.54) is 0 Å². The van der Waals surface area contributed by atoms with Gasteiger partial charge in [-0.1, -0.05) is 27.2 Å². The zero-order chi connectivity index (χ0) is 14.0. The van der Waals surface area contributed by atoms with Crippen molar-refractivity contribution < 1.29 is 9.53 Å². The van der Waals surface area contributed by atoms with Crippen LogP contribution in [0.4, 0.5) is 0 Å². The van der Waals surface area contributed by atoms with Gasteiger partial charge in [0.25, 0.3) is 0 Å². The summed E-state index contributed by atoms with van der Waals surface area (Å²) in [5, 5.41) is 6.25. The molecular formula is C14H30N2O2. The van der Waals surface area contributed by atoms with Crippen molar-refractivity contribution >= 4 is 5.91 Å². The Hall–Kier alpha value is -0.610. The summed E-state index contributed by atoms with van der Waals surface area (Å²) in [5.41, 5.74) is 0. The van der Waals surface area contributed by atoms with Crippen LogP contribution in [-0.2, 0) is 9.53 Å². The van der Waals surface area contributed by atoms with Gasteiger partial charge in [0, 0.05) is 18.7 Å². The molecule has 0 saturated heterocycles. The van der Waals surface area contributed by atoms with E-state index in [2.05, 4.69) is 31.4 Å². The van der Waals surface area contributed by atoms with Crippen LogP contribution in [0, 0.1) is 5.92 Å². The first-order valence-corrected chi connectivity index (χ1v) is 7.11. The lowest BCUT2D eigenvalue weighted by molar-refractivity contribution is -0.121. The Labute approximate surface area is 112 Å². The van der Waals surface area contributed by atoms with Crippen LogP contribution in [0.1, 0.15) is 47.5 Å². The Kier molecular flexibility index (Phi) is 9.98. The third kappa shape index (κ3) is 8.48. The fourth-order valence-corrected chi connectivity index (χ4v) is 1.79. The Morgan fingerprint density at radius 1 is 1.22 bits per heavy atom. The lowest BCUT2D eigenvalue weighted by atomic mass is 10.1. The lowest BCUT2D eigenvalue weighted by Gasteiger charge is -2.22. The van der Waals surface area contributed by atoms with Crippen molar-refractivity contribution in [3.63, 3.8) is 0 Å². The van der Waals surface area contributed by atoms with Gasteiger partial charge < -0.3 is 15.4 Å². The van der Waals surface area contributed by atoms with E-state index in [4.69, 9.17) is 4.74 Å². The predicted octanol–water partition coefficient (Wildman–Crippen LogP) is 1.94. The van der Waals surface area contributed by atoms with Crippen LogP contribution in [0.15, 0.2) is 0 Å². The smallest absolute Gasteiger partial charge is 0.234 e. The van der Waals surface area contributed by atoms with Crippen molar-refractivity contribution in [3.05, 3.63) is 0 Å². The maximum absolute atomic E-state index is 11.7. The quantitative estimate of drug-likeness (QED) is 0.629. The first kappa shape index (κ1) is 17.4. The minimum atomic E-state index is 0.0677. The molecule has 0 aliphatic rings. The molecular weight excluding hydrogens is 228 g/mol. The molecule has 0 fully saturated rings. The fraction of sp³-hybridized carbons (Fsp3) is 0.929. The summed E-state index contributed by atoms with van der Waals surface area (Å²) in [7, 11) is 0. The average molecular weight is 258 g/mol. The molecule has 2 unspecified atom stereocenters. The number of carbonyl (C=O) groups excluding carboxylic acids is 1. The molecule has 0 aromatic carbocycles. The highest BCUT2D eigenvalue weighted by Crippen LogP contribution is 2.02. The number of rotatable bonds is 10. The number of ether oxygens (including phenoxy) is 1. The monoisotopic (exact) mass is 258 g/mol. The van der Waals surface area contributed by atoms with E-state index < -0.39 is 0 Å². The predicted molar refractivity (Wildman–Crippen MR) is 75.6 cm³/mol. The SMILES string of the molecule is CCCC(C)NC(=O)CNC(COCC)C(C)C. The summed E-state index contributed by atoms with van der Waals surface area (Å²) in [6.45, 7) is 12.2. The number of amides is 1. The van der Waals surface area contributed by atoms with Crippen molar-refractivity contribution in [3.8, 4) is 0 Å². The Morgan fingerprint density at radius 3 is 2.39 bits per heavy atom. The summed E-state index contributed by atoms with van der Waals surface area (Å²) >= 11 is 0. The van der Waals surface area contributed by atoms with Gasteiger partial charge in [0.15, 0.2) is 0 Å². The maximum atomic E-state index is 11.7. The molecule has 0 aliphatic heterocycles. The molecule has 2 atom stereocenters. The zero-order valence-corrected chi connectivity index (χ0v) is 12.6. The molecule has 1 amide bonds. The molecule has 0 rings (SSSR count). The summed E-state index contributed by atoms with van der Waals surface area (Å²) in [6, 6.07) is 0.492. The fourth-order valence-electron chi connectivity index (χ4n) is 1.79. The molecule has 0 aliphatic carbocycles. The molecule has 18 heavy (non-hydrogen) atoms. The van der Waals surface area contributed by atoms with Gasteiger partial charge in [-0.3, -0.25) is 4.79 Å². The molecule has 0 aromatic heterocycles. The van der Waals surface area contributed by atoms with E-state index in [0.29, 0.717) is 25.7 Å². The van der Waals surface area contributed by atoms with Gasteiger partial charge >= 0.3 is 0 Å². The van der Waals surface area contributed by atoms with Crippen molar-refractivity contribution in [2.45, 2.75) is 59.5 Å². The lowest BCUT2D eigenvalue weighted by Crippen LogP contribution is -2.45. The third-order valence-electron chi connectivity index (χ3n) is 2.96. The zero-order valence-electron chi connectivity index (χ0n) is 12.6. The summed E-state index contributed by atoms with van der Waals surface area (Å²) < 4.78 is 5.41. The molecule has 4 nitrogen and oxygen atoms in total. The maximum Gasteiger partial charge on any atom is 0.234 e. The largest absolute Gasteiger partial charge is 0.380 e. The van der Waals surface area contributed by atoms with Crippen LogP contribution in [-0.4, -0.2) is 37.7 Å². The molecule has 4 heteroatoms. The third-order valence-corrected chi connectivity index (χ3v) is 2.96. The normalized spacial score (nSPS) is 14.6. The van der Waals surface area contributed by atoms with Crippen molar-refractivity contribution in [2.75, 3.05) is 19.8 Å². The topological polar surface area (TPSA) is 50.4 Å². The Morgan fingerprint density at radius 2 is 1.89 bits per heavy atom. The van der Waals surface area contributed by atoms with E-state index in [9.17, 15) is 4.79 Å². The van der Waals surface area contributed by atoms with E-state index in [1.807, 2.05) is 13.8 Å². The summed E-state index contributed by atoms with van der Waals surface area (Å²) in [5.74, 6) is 0.524. The van der Waals surface area contributed by atoms with Crippen LogP contribution in [0.3, 0.4) is 0 Å². The molecule has 0 aromatic rings. The second kappa shape index (κ2) is 10.3. The number of hydrogen-bond acceptors (Lipinski definition) is 3. The first-order valence-electron chi connectivity index (χ1n) is 7.11. The molecule has 108 valence electrons. The first-order chi connectivity index (χ1) is 8.51. The van der Waals surface area contributed by atoms with Crippen molar-refractivity contribution in [2.24, 2.45) is 5.92 Å². The van der Waals surface area contributed by atoms with E-state index >= 15 is 0 Å². The number of nitrogens with one attached hydrogen (secondary N) is 2. The van der Waals surface area contributed by atoms with Gasteiger partial charge in [-0.15, -0.1) is 0 Å². The molecule has 0 bridgehead atoms. The number of hydrogen-bond donors (Lipinski definition) is 2. The second-order valence-corrected chi connectivity index (χ2v) is 5.15. The van der Waals surface area contributed by atoms with Crippen molar-refractivity contribution in [1.82, 2.24) is 10.6 Å². The molecule has 0 saturated carbocycles. The van der Waals surface area contributed by atoms with Crippen LogP contribution < -0.4 is 10.6 Å². The van der Waals surface area contributed by atoms with Crippen LogP contribution >= 0.6 is 0 Å². The van der Waals surface area contributed by atoms with Gasteiger partial charge in [0.05, 0.1) is 13.2 Å². The molecule has 0 heterocycles. The average Bonchev–Trinajstić information content (AvgIpc) is 2.28. The second-order valence-electron chi connectivity index (χ2n) is 5.15. The van der Waals surface area contributed by atoms with Crippen LogP contribution in [0.25, 0.3) is 0 Å². The highest BCUT2D eigenvalue weighted by Gasteiger charge is 2.14. The minimum Gasteiger partial charge on any atom is -0.380 e. The Bertz CT molecular complexity index is 220. The Balaban J connectivity index is 3.91. The highest BCUT2D eigenvalue weighted by molar-refractivity contribution is 5.78. The molecule has 2 N–H and O–H groups in total. The van der Waals surface area contributed by atoms with Gasteiger partial charge in [0.2, 0.25) is 5.91 Å². The van der Waals surface area contributed by atoms with E-state index in [1.54, 1.807) is 0 Å². The summed E-state index contributed by atoms with van der Waals surface area (Å²) in [4.78, 5) is 11.7. The van der Waals surface area contributed by atoms with Crippen LogP contribution in [0.2, 0.25) is 0 Å².